The van der Waals surface area contributed by atoms with Crippen LogP contribution >= 0.6 is 0 Å². The molecule has 1 saturated heterocycles. The quantitative estimate of drug-likeness (QED) is 0.249. The van der Waals surface area contributed by atoms with Crippen LogP contribution in [0.3, 0.4) is 0 Å². The molecule has 11 heteroatoms. The van der Waals surface area contributed by atoms with Crippen molar-refractivity contribution in [2.45, 2.75) is 32.0 Å². The summed E-state index contributed by atoms with van der Waals surface area (Å²) in [6.07, 6.45) is 1.99. The van der Waals surface area contributed by atoms with Crippen molar-refractivity contribution in [3.8, 4) is 17.0 Å². The van der Waals surface area contributed by atoms with Gasteiger partial charge >= 0.3 is 6.18 Å². The monoisotopic (exact) mass is 548 g/mol. The Bertz CT molecular complexity index is 1490. The van der Waals surface area contributed by atoms with Gasteiger partial charge in [-0.05, 0) is 74.3 Å². The minimum atomic E-state index is -4.60. The largest absolute Gasteiger partial charge is 0.492 e. The van der Waals surface area contributed by atoms with E-state index in [1.165, 1.54) is 12.4 Å². The predicted octanol–water partition coefficient (Wildman–Crippen LogP) is 5.99. The van der Waals surface area contributed by atoms with E-state index >= 15 is 0 Å². The van der Waals surface area contributed by atoms with Gasteiger partial charge in [0.1, 0.15) is 24.5 Å². The molecule has 1 amide bonds. The van der Waals surface area contributed by atoms with Gasteiger partial charge in [0.15, 0.2) is 0 Å². The van der Waals surface area contributed by atoms with Crippen LogP contribution in [0.25, 0.3) is 11.3 Å². The van der Waals surface area contributed by atoms with Crippen molar-refractivity contribution in [3.05, 3.63) is 90.0 Å². The Morgan fingerprint density at radius 1 is 1.10 bits per heavy atom. The average Bonchev–Trinajstić information content (AvgIpc) is 3.47. The van der Waals surface area contributed by atoms with Crippen molar-refractivity contribution in [2.75, 3.05) is 23.8 Å². The highest BCUT2D eigenvalue weighted by molar-refractivity contribution is 6.05. The lowest BCUT2D eigenvalue weighted by molar-refractivity contribution is -0.137. The molecule has 0 bridgehead atoms. The van der Waals surface area contributed by atoms with E-state index in [0.29, 0.717) is 17.2 Å². The van der Waals surface area contributed by atoms with E-state index in [-0.39, 0.29) is 29.6 Å². The van der Waals surface area contributed by atoms with Crippen LogP contribution in [-0.4, -0.2) is 40.1 Å². The number of pyridine rings is 1. The Kier molecular flexibility index (Phi) is 7.92. The molecule has 0 saturated carbocycles. The SMILES string of the molecule is Cc1ccc(C(=O)Nc2cc(OC[C@@H]3CCCN3)cc(C(F)(F)F)c2)cc1Nc1ncccc1-c1ccncn1. The third-order valence-corrected chi connectivity index (χ3v) is 6.52. The van der Waals surface area contributed by atoms with Crippen molar-refractivity contribution in [1.82, 2.24) is 20.3 Å². The molecule has 0 unspecified atom stereocenters. The van der Waals surface area contributed by atoms with Gasteiger partial charge in [0.05, 0.1) is 11.3 Å². The van der Waals surface area contributed by atoms with Crippen LogP contribution in [0.4, 0.5) is 30.4 Å². The van der Waals surface area contributed by atoms with Crippen LogP contribution in [0.2, 0.25) is 0 Å². The molecule has 1 atom stereocenters. The summed E-state index contributed by atoms with van der Waals surface area (Å²) in [5.41, 5.74) is 2.19. The van der Waals surface area contributed by atoms with Gasteiger partial charge in [-0.3, -0.25) is 4.79 Å². The first kappa shape index (κ1) is 27.1. The van der Waals surface area contributed by atoms with Crippen molar-refractivity contribution < 1.29 is 22.7 Å². The summed E-state index contributed by atoms with van der Waals surface area (Å²) in [6, 6.07) is 13.7. The number of rotatable bonds is 8. The molecule has 5 rings (SSSR count). The minimum Gasteiger partial charge on any atom is -0.492 e. The van der Waals surface area contributed by atoms with Crippen LogP contribution in [0.1, 0.15) is 34.3 Å². The lowest BCUT2D eigenvalue weighted by atomic mass is 10.1. The number of carbonyl (C=O) groups is 1. The second-order valence-electron chi connectivity index (χ2n) is 9.45. The van der Waals surface area contributed by atoms with Crippen LogP contribution in [0.15, 0.2) is 73.3 Å². The van der Waals surface area contributed by atoms with Gasteiger partial charge in [0.25, 0.3) is 5.91 Å². The number of nitrogens with zero attached hydrogens (tertiary/aromatic N) is 3. The number of aryl methyl sites for hydroxylation is 1. The van der Waals surface area contributed by atoms with E-state index in [2.05, 4.69) is 30.9 Å². The number of hydrogen-bond donors (Lipinski definition) is 3. The van der Waals surface area contributed by atoms with Crippen LogP contribution in [0, 0.1) is 6.92 Å². The molecular formula is C29H27F3N6O2. The zero-order valence-electron chi connectivity index (χ0n) is 21.6. The van der Waals surface area contributed by atoms with Gasteiger partial charge in [-0.2, -0.15) is 13.2 Å². The second-order valence-corrected chi connectivity index (χ2v) is 9.45. The second kappa shape index (κ2) is 11.7. The number of aromatic nitrogens is 3. The van der Waals surface area contributed by atoms with Crippen LogP contribution in [-0.2, 0) is 6.18 Å². The molecule has 1 aliphatic heterocycles. The molecule has 206 valence electrons. The van der Waals surface area contributed by atoms with E-state index in [0.717, 1.165) is 42.6 Å². The molecule has 40 heavy (non-hydrogen) atoms. The van der Waals surface area contributed by atoms with Crippen molar-refractivity contribution >= 4 is 23.1 Å². The Labute approximate surface area is 229 Å². The number of ether oxygens (including phenoxy) is 1. The number of benzene rings is 2. The number of carbonyl (C=O) groups excluding carboxylic acids is 1. The molecule has 3 N–H and O–H groups in total. The number of nitrogens with one attached hydrogen (secondary N) is 3. The number of hydrogen-bond acceptors (Lipinski definition) is 7. The fraction of sp³-hybridized carbons (Fsp3) is 0.241. The maximum absolute atomic E-state index is 13.6. The summed E-state index contributed by atoms with van der Waals surface area (Å²) in [5, 5.41) is 9.09. The summed E-state index contributed by atoms with van der Waals surface area (Å²) in [4.78, 5) is 25.8. The highest BCUT2D eigenvalue weighted by atomic mass is 19.4. The van der Waals surface area contributed by atoms with Gasteiger partial charge in [0, 0.05) is 47.0 Å². The first-order valence-electron chi connectivity index (χ1n) is 12.8. The van der Waals surface area contributed by atoms with E-state index in [4.69, 9.17) is 4.74 Å². The normalized spacial score (nSPS) is 15.1. The van der Waals surface area contributed by atoms with Gasteiger partial charge in [-0.15, -0.1) is 0 Å². The predicted molar refractivity (Wildman–Crippen MR) is 146 cm³/mol. The highest BCUT2D eigenvalue weighted by Crippen LogP contribution is 2.35. The summed E-state index contributed by atoms with van der Waals surface area (Å²) in [6.45, 7) is 2.97. The van der Waals surface area contributed by atoms with Gasteiger partial charge in [0.2, 0.25) is 0 Å². The fourth-order valence-corrected chi connectivity index (χ4v) is 4.40. The lowest BCUT2D eigenvalue weighted by Gasteiger charge is -2.16. The molecule has 0 radical (unpaired) electrons. The summed E-state index contributed by atoms with van der Waals surface area (Å²) >= 11 is 0. The average molecular weight is 549 g/mol. The molecule has 8 nitrogen and oxygen atoms in total. The van der Waals surface area contributed by atoms with E-state index in [1.807, 2.05) is 13.0 Å². The van der Waals surface area contributed by atoms with Crippen molar-refractivity contribution in [2.24, 2.45) is 0 Å². The number of anilines is 3. The summed E-state index contributed by atoms with van der Waals surface area (Å²) in [5.74, 6) is -0.00130. The Morgan fingerprint density at radius 3 is 2.73 bits per heavy atom. The third kappa shape index (κ3) is 6.55. The van der Waals surface area contributed by atoms with E-state index in [9.17, 15) is 18.0 Å². The van der Waals surface area contributed by atoms with Crippen LogP contribution in [0.5, 0.6) is 5.75 Å². The highest BCUT2D eigenvalue weighted by Gasteiger charge is 2.32. The topological polar surface area (TPSA) is 101 Å². The first-order valence-corrected chi connectivity index (χ1v) is 12.8. The van der Waals surface area contributed by atoms with Crippen molar-refractivity contribution in [3.63, 3.8) is 0 Å². The molecule has 0 aliphatic carbocycles. The number of amides is 1. The standard InChI is InChI=1S/C29H27F3N6O2/c1-18-6-7-19(12-26(18)38-27-24(5-3-10-35-27)25-8-11-33-17-36-25)28(39)37-22-13-20(29(30,31)32)14-23(15-22)40-16-21-4-2-9-34-21/h3,5-8,10-15,17,21,34H,2,4,9,16H2,1H3,(H,35,38)(H,37,39)/t21-/m0/s1. The maximum atomic E-state index is 13.6. The van der Waals surface area contributed by atoms with Gasteiger partial charge in [-0.1, -0.05) is 6.07 Å². The fourth-order valence-electron chi connectivity index (χ4n) is 4.40. The smallest absolute Gasteiger partial charge is 0.416 e. The van der Waals surface area contributed by atoms with Crippen LogP contribution < -0.4 is 20.7 Å². The molecular weight excluding hydrogens is 521 g/mol. The molecule has 0 spiro atoms. The molecule has 3 heterocycles. The molecule has 1 fully saturated rings. The maximum Gasteiger partial charge on any atom is 0.416 e. The van der Waals surface area contributed by atoms with Gasteiger partial charge < -0.3 is 20.7 Å². The molecule has 1 aliphatic rings. The van der Waals surface area contributed by atoms with E-state index < -0.39 is 17.6 Å². The molecule has 2 aromatic heterocycles. The minimum absolute atomic E-state index is 0.0138. The summed E-state index contributed by atoms with van der Waals surface area (Å²) in [7, 11) is 0. The van der Waals surface area contributed by atoms with Gasteiger partial charge in [-0.25, -0.2) is 15.0 Å². The Balaban J connectivity index is 1.37. The Hall–Kier alpha value is -4.51. The summed E-state index contributed by atoms with van der Waals surface area (Å²) < 4.78 is 46.5. The number of alkyl halides is 3. The van der Waals surface area contributed by atoms with E-state index in [1.54, 1.807) is 42.7 Å². The first-order chi connectivity index (χ1) is 19.3. The Morgan fingerprint density at radius 2 is 1.98 bits per heavy atom. The van der Waals surface area contributed by atoms with Crippen molar-refractivity contribution in [1.29, 1.82) is 0 Å². The third-order valence-electron chi connectivity index (χ3n) is 6.52. The zero-order valence-corrected chi connectivity index (χ0v) is 21.6. The molecule has 2 aromatic carbocycles. The zero-order chi connectivity index (χ0) is 28.1. The molecule has 4 aromatic rings. The number of halogens is 3. The lowest BCUT2D eigenvalue weighted by Crippen LogP contribution is -2.28.